The molecule has 1 heterocycles. The van der Waals surface area contributed by atoms with Gasteiger partial charge in [-0.25, -0.2) is 0 Å². The van der Waals surface area contributed by atoms with Crippen molar-refractivity contribution in [2.24, 2.45) is 5.73 Å². The lowest BCUT2D eigenvalue weighted by Crippen LogP contribution is -2.44. The summed E-state index contributed by atoms with van der Waals surface area (Å²) in [5.41, 5.74) is 4.83. The summed E-state index contributed by atoms with van der Waals surface area (Å²) in [7, 11) is 1.49. The minimum absolute atomic E-state index is 0.164. The van der Waals surface area contributed by atoms with Gasteiger partial charge in [-0.1, -0.05) is 6.07 Å². The maximum Gasteiger partial charge on any atom is 0.264 e. The summed E-state index contributed by atoms with van der Waals surface area (Å²) in [4.78, 5) is 35.6. The Hall–Kier alpha value is -1.93. The fraction of sp³-hybridized carbons (Fsp3) is 0.364. The molecule has 1 atom stereocenters. The summed E-state index contributed by atoms with van der Waals surface area (Å²) >= 11 is 1.28. The van der Waals surface area contributed by atoms with Crippen LogP contribution in [0.4, 0.5) is 0 Å². The van der Waals surface area contributed by atoms with Gasteiger partial charge in [-0.2, -0.15) is 0 Å². The van der Waals surface area contributed by atoms with Gasteiger partial charge in [-0.3, -0.25) is 14.4 Å². The highest BCUT2D eigenvalue weighted by Gasteiger charge is 2.17. The number of nitrogens with zero attached hydrogens (tertiary/aromatic N) is 1. The largest absolute Gasteiger partial charge is 0.381 e. The highest BCUT2D eigenvalue weighted by Crippen LogP contribution is 2.10. The fourth-order valence-electron chi connectivity index (χ4n) is 1.24. The van der Waals surface area contributed by atoms with E-state index in [9.17, 15) is 14.4 Å². The Morgan fingerprint density at radius 3 is 2.74 bits per heavy atom. The first-order valence-corrected chi connectivity index (χ1v) is 6.33. The third-order valence-corrected chi connectivity index (χ3v) is 3.14. The van der Waals surface area contributed by atoms with Crippen LogP contribution >= 0.6 is 11.3 Å². The van der Waals surface area contributed by atoms with Crippen molar-refractivity contribution >= 4 is 29.1 Å². The number of carbonyl (C=O) groups is 3. The zero-order valence-electron chi connectivity index (χ0n) is 10.3. The number of nitrogens with two attached hydrogens (primary N) is 1. The molecule has 1 aromatic rings. The molecule has 0 saturated carbocycles. The average Bonchev–Trinajstić information content (AvgIpc) is 2.88. The number of hydrogen-bond acceptors (Lipinski definition) is 5. The van der Waals surface area contributed by atoms with Crippen LogP contribution in [0.5, 0.6) is 0 Å². The molecule has 0 aliphatic rings. The number of likely N-dealkylation sites (N-methyl/N-ethyl adjacent to an activating group) is 1. The SMILES string of the molecule is CN(CC(=O)NCC(O)C(N)=O)C(=O)c1cccs1. The van der Waals surface area contributed by atoms with Crippen molar-refractivity contribution < 1.29 is 19.5 Å². The van der Waals surface area contributed by atoms with Gasteiger partial charge in [0, 0.05) is 7.05 Å². The van der Waals surface area contributed by atoms with Gasteiger partial charge >= 0.3 is 0 Å². The molecule has 19 heavy (non-hydrogen) atoms. The fourth-order valence-corrected chi connectivity index (χ4v) is 1.96. The van der Waals surface area contributed by atoms with Crippen LogP contribution in [0.3, 0.4) is 0 Å². The van der Waals surface area contributed by atoms with Crippen molar-refractivity contribution in [2.45, 2.75) is 6.10 Å². The van der Waals surface area contributed by atoms with Gasteiger partial charge in [0.25, 0.3) is 5.91 Å². The Morgan fingerprint density at radius 2 is 2.21 bits per heavy atom. The molecule has 7 nitrogen and oxygen atoms in total. The first kappa shape index (κ1) is 15.1. The molecule has 4 N–H and O–H groups in total. The van der Waals surface area contributed by atoms with Crippen molar-refractivity contribution in [2.75, 3.05) is 20.1 Å². The zero-order valence-corrected chi connectivity index (χ0v) is 11.1. The topological polar surface area (TPSA) is 113 Å². The minimum atomic E-state index is -1.43. The third kappa shape index (κ3) is 4.68. The number of aliphatic hydroxyl groups is 1. The molecule has 1 aromatic heterocycles. The summed E-state index contributed by atoms with van der Waals surface area (Å²) in [5.74, 6) is -1.66. The van der Waals surface area contributed by atoms with Crippen LogP contribution < -0.4 is 11.1 Å². The maximum atomic E-state index is 11.8. The molecule has 3 amide bonds. The Morgan fingerprint density at radius 1 is 1.53 bits per heavy atom. The van der Waals surface area contributed by atoms with Gasteiger partial charge < -0.3 is 21.1 Å². The van der Waals surface area contributed by atoms with E-state index in [1.807, 2.05) is 0 Å². The van der Waals surface area contributed by atoms with Gasteiger partial charge in [-0.15, -0.1) is 11.3 Å². The Bertz CT molecular complexity index is 461. The minimum Gasteiger partial charge on any atom is -0.381 e. The van der Waals surface area contributed by atoms with E-state index in [-0.39, 0.29) is 19.0 Å². The molecule has 1 unspecified atom stereocenters. The number of primary amides is 1. The summed E-state index contributed by atoms with van der Waals surface area (Å²) in [6.07, 6.45) is -1.43. The molecule has 1 rings (SSSR count). The molecule has 0 spiro atoms. The summed E-state index contributed by atoms with van der Waals surface area (Å²) in [6.45, 7) is -0.433. The van der Waals surface area contributed by atoms with E-state index in [0.717, 1.165) is 0 Å². The molecule has 0 fully saturated rings. The van der Waals surface area contributed by atoms with Crippen LogP contribution in [0.25, 0.3) is 0 Å². The third-order valence-electron chi connectivity index (χ3n) is 2.28. The number of rotatable bonds is 6. The highest BCUT2D eigenvalue weighted by atomic mass is 32.1. The van der Waals surface area contributed by atoms with Gasteiger partial charge in [0.1, 0.15) is 6.10 Å². The molecular weight excluding hydrogens is 270 g/mol. The normalized spacial score (nSPS) is 11.7. The van der Waals surface area contributed by atoms with Crippen LogP contribution in [0, 0.1) is 0 Å². The lowest BCUT2D eigenvalue weighted by molar-refractivity contribution is -0.127. The molecule has 0 bridgehead atoms. The number of carbonyl (C=O) groups excluding carboxylic acids is 3. The quantitative estimate of drug-likeness (QED) is 0.608. The van der Waals surface area contributed by atoms with Gasteiger partial charge in [0.05, 0.1) is 18.0 Å². The monoisotopic (exact) mass is 285 g/mol. The average molecular weight is 285 g/mol. The van der Waals surface area contributed by atoms with Crippen LogP contribution in [-0.4, -0.2) is 54.0 Å². The number of aliphatic hydroxyl groups excluding tert-OH is 1. The first-order valence-electron chi connectivity index (χ1n) is 5.45. The van der Waals surface area contributed by atoms with E-state index in [2.05, 4.69) is 5.32 Å². The first-order chi connectivity index (χ1) is 8.91. The number of hydrogen-bond donors (Lipinski definition) is 3. The Kier molecular flexibility index (Phi) is 5.46. The smallest absolute Gasteiger partial charge is 0.264 e. The second-order valence-electron chi connectivity index (χ2n) is 3.86. The lowest BCUT2D eigenvalue weighted by Gasteiger charge is -2.16. The zero-order chi connectivity index (χ0) is 14.4. The van der Waals surface area contributed by atoms with Crippen molar-refractivity contribution in [1.82, 2.24) is 10.2 Å². The van der Waals surface area contributed by atoms with E-state index in [1.54, 1.807) is 17.5 Å². The lowest BCUT2D eigenvalue weighted by atomic mass is 10.3. The summed E-state index contributed by atoms with van der Waals surface area (Å²) in [5, 5.41) is 13.2. The number of nitrogens with one attached hydrogen (secondary N) is 1. The van der Waals surface area contributed by atoms with Gasteiger partial charge in [-0.05, 0) is 11.4 Å². The molecule has 104 valence electrons. The number of thiophene rings is 1. The van der Waals surface area contributed by atoms with E-state index in [4.69, 9.17) is 10.8 Å². The number of amides is 3. The Balaban J connectivity index is 2.40. The second kappa shape index (κ2) is 6.86. The maximum absolute atomic E-state index is 11.8. The van der Waals surface area contributed by atoms with Crippen molar-refractivity contribution in [3.05, 3.63) is 22.4 Å². The van der Waals surface area contributed by atoms with Crippen molar-refractivity contribution in [3.63, 3.8) is 0 Å². The molecule has 0 radical (unpaired) electrons. The van der Waals surface area contributed by atoms with E-state index >= 15 is 0 Å². The summed E-state index contributed by atoms with van der Waals surface area (Å²) < 4.78 is 0. The van der Waals surface area contributed by atoms with Crippen LogP contribution in [0.15, 0.2) is 17.5 Å². The molecule has 0 aromatic carbocycles. The second-order valence-corrected chi connectivity index (χ2v) is 4.81. The predicted octanol–water partition coefficient (Wildman–Crippen LogP) is -1.22. The highest BCUT2D eigenvalue weighted by molar-refractivity contribution is 7.12. The Labute approximate surface area is 114 Å². The predicted molar refractivity (Wildman–Crippen MR) is 69.5 cm³/mol. The molecule has 0 aliphatic carbocycles. The molecule has 0 saturated heterocycles. The summed E-state index contributed by atoms with van der Waals surface area (Å²) in [6, 6.07) is 3.41. The molecule has 0 aliphatic heterocycles. The van der Waals surface area contributed by atoms with Gasteiger partial charge in [0.2, 0.25) is 11.8 Å². The van der Waals surface area contributed by atoms with Crippen molar-refractivity contribution in [3.8, 4) is 0 Å². The molecule has 8 heteroatoms. The van der Waals surface area contributed by atoms with Gasteiger partial charge in [0.15, 0.2) is 0 Å². The van der Waals surface area contributed by atoms with Crippen LogP contribution in [0.2, 0.25) is 0 Å². The van der Waals surface area contributed by atoms with E-state index in [1.165, 1.54) is 23.3 Å². The van der Waals surface area contributed by atoms with Crippen LogP contribution in [0.1, 0.15) is 9.67 Å². The van der Waals surface area contributed by atoms with E-state index in [0.29, 0.717) is 4.88 Å². The van der Waals surface area contributed by atoms with E-state index < -0.39 is 17.9 Å². The standard InChI is InChI=1S/C11H15N3O4S/c1-14(11(18)8-3-2-4-19-8)6-9(16)13-5-7(15)10(12)17/h2-4,7,15H,5-6H2,1H3,(H2,12,17)(H,13,16). The van der Waals surface area contributed by atoms with Crippen molar-refractivity contribution in [1.29, 1.82) is 0 Å². The van der Waals surface area contributed by atoms with Crippen LogP contribution in [-0.2, 0) is 9.59 Å². The molecular formula is C11H15N3O4S.